The molecule has 142 valence electrons. The van der Waals surface area contributed by atoms with Crippen molar-refractivity contribution in [3.8, 4) is 0 Å². The molecule has 0 radical (unpaired) electrons. The molecule has 1 aliphatic rings. The molecular weight excluding hydrogens is 338 g/mol. The van der Waals surface area contributed by atoms with Crippen molar-refractivity contribution in [3.05, 3.63) is 58.9 Å². The van der Waals surface area contributed by atoms with E-state index >= 15 is 0 Å². The van der Waals surface area contributed by atoms with E-state index in [1.54, 1.807) is 12.1 Å². The van der Waals surface area contributed by atoms with Crippen LogP contribution in [-0.2, 0) is 0 Å². The molecule has 0 bridgehead atoms. The van der Waals surface area contributed by atoms with Crippen molar-refractivity contribution < 1.29 is 9.59 Å². The van der Waals surface area contributed by atoms with Gasteiger partial charge in [-0.15, -0.1) is 0 Å². The third-order valence-corrected chi connectivity index (χ3v) is 4.78. The maximum absolute atomic E-state index is 12.9. The Morgan fingerprint density at radius 3 is 2.19 bits per heavy atom. The maximum Gasteiger partial charge on any atom is 0.274 e. The van der Waals surface area contributed by atoms with E-state index in [2.05, 4.69) is 43.3 Å². The Hall–Kier alpha value is -2.69. The van der Waals surface area contributed by atoms with Crippen LogP contribution in [0, 0.1) is 0 Å². The van der Waals surface area contributed by atoms with Crippen molar-refractivity contribution in [2.45, 2.75) is 58.4 Å². The van der Waals surface area contributed by atoms with Crippen LogP contribution < -0.4 is 10.6 Å². The van der Waals surface area contributed by atoms with Gasteiger partial charge in [-0.3, -0.25) is 14.6 Å². The van der Waals surface area contributed by atoms with Crippen LogP contribution in [-0.4, -0.2) is 22.8 Å². The fourth-order valence-corrected chi connectivity index (χ4v) is 3.07. The minimum atomic E-state index is -0.300. The summed E-state index contributed by atoms with van der Waals surface area (Å²) in [5.41, 5.74) is 3.74. The van der Waals surface area contributed by atoms with Gasteiger partial charge in [0, 0.05) is 23.5 Å². The predicted molar refractivity (Wildman–Crippen MR) is 107 cm³/mol. The number of hydrogen-bond donors (Lipinski definition) is 2. The molecule has 5 nitrogen and oxygen atoms in total. The highest BCUT2D eigenvalue weighted by molar-refractivity contribution is 6.05. The van der Waals surface area contributed by atoms with Crippen LogP contribution >= 0.6 is 0 Å². The topological polar surface area (TPSA) is 71.1 Å². The van der Waals surface area contributed by atoms with Gasteiger partial charge in [0.2, 0.25) is 0 Å². The van der Waals surface area contributed by atoms with Crippen LogP contribution in [0.4, 0.5) is 5.69 Å². The number of benzene rings is 1. The first kappa shape index (κ1) is 19.1. The number of nitrogens with one attached hydrogen (secondary N) is 2. The van der Waals surface area contributed by atoms with Crippen molar-refractivity contribution in [2.24, 2.45) is 0 Å². The summed E-state index contributed by atoms with van der Waals surface area (Å²) in [7, 11) is 0. The van der Waals surface area contributed by atoms with Gasteiger partial charge >= 0.3 is 0 Å². The van der Waals surface area contributed by atoms with Crippen molar-refractivity contribution in [1.29, 1.82) is 0 Å². The minimum Gasteiger partial charge on any atom is -0.349 e. The van der Waals surface area contributed by atoms with E-state index in [0.717, 1.165) is 29.7 Å². The molecular formula is C22H27N3O2. The first-order chi connectivity index (χ1) is 12.9. The van der Waals surface area contributed by atoms with Gasteiger partial charge in [0.15, 0.2) is 0 Å². The van der Waals surface area contributed by atoms with Crippen LogP contribution in [0.25, 0.3) is 0 Å². The Bertz CT molecular complexity index is 828. The van der Waals surface area contributed by atoms with Gasteiger partial charge in [0.05, 0.1) is 0 Å². The summed E-state index contributed by atoms with van der Waals surface area (Å²) in [4.78, 5) is 29.3. The fraction of sp³-hybridized carbons (Fsp3) is 0.409. The molecule has 2 N–H and O–H groups in total. The Labute approximate surface area is 160 Å². The zero-order valence-corrected chi connectivity index (χ0v) is 16.4. The third kappa shape index (κ3) is 4.54. The number of carbonyl (C=O) groups excluding carboxylic acids is 2. The van der Waals surface area contributed by atoms with Gasteiger partial charge in [0.1, 0.15) is 5.69 Å². The first-order valence-electron chi connectivity index (χ1n) is 9.58. The second-order valence-corrected chi connectivity index (χ2v) is 7.75. The van der Waals surface area contributed by atoms with E-state index in [-0.39, 0.29) is 35.4 Å². The van der Waals surface area contributed by atoms with E-state index in [4.69, 9.17) is 0 Å². The van der Waals surface area contributed by atoms with E-state index < -0.39 is 0 Å². The monoisotopic (exact) mass is 365 g/mol. The second-order valence-electron chi connectivity index (χ2n) is 7.75. The molecule has 0 saturated heterocycles. The Morgan fingerprint density at radius 1 is 1.00 bits per heavy atom. The third-order valence-electron chi connectivity index (χ3n) is 4.78. The summed E-state index contributed by atoms with van der Waals surface area (Å²) in [5.74, 6) is 0.107. The van der Waals surface area contributed by atoms with E-state index in [9.17, 15) is 9.59 Å². The summed E-state index contributed by atoms with van der Waals surface area (Å²) < 4.78 is 0. The van der Waals surface area contributed by atoms with Gasteiger partial charge < -0.3 is 10.6 Å². The standard InChI is InChI=1S/C22H27N3O2/c1-13(2)17-6-5-7-18(14(3)4)20(17)25-22(27)19-12-15(10-11-23-19)21(26)24-16-8-9-16/h5-7,10-14,16H,8-9H2,1-4H3,(H,24,26)(H,25,27). The maximum atomic E-state index is 12.9. The van der Waals surface area contributed by atoms with Gasteiger partial charge in [-0.1, -0.05) is 45.9 Å². The Morgan fingerprint density at radius 2 is 1.63 bits per heavy atom. The number of carbonyl (C=O) groups is 2. The van der Waals surface area contributed by atoms with Crippen LogP contribution in [0.3, 0.4) is 0 Å². The zero-order chi connectivity index (χ0) is 19.6. The molecule has 5 heteroatoms. The molecule has 1 saturated carbocycles. The van der Waals surface area contributed by atoms with E-state index in [0.29, 0.717) is 5.56 Å². The van der Waals surface area contributed by atoms with E-state index in [1.807, 2.05) is 18.2 Å². The molecule has 3 rings (SSSR count). The number of pyridine rings is 1. The summed E-state index contributed by atoms with van der Waals surface area (Å²) in [6.07, 6.45) is 3.55. The van der Waals surface area contributed by atoms with Gasteiger partial charge in [-0.05, 0) is 47.9 Å². The number of para-hydroxylation sites is 1. The number of hydrogen-bond acceptors (Lipinski definition) is 3. The summed E-state index contributed by atoms with van der Waals surface area (Å²) >= 11 is 0. The lowest BCUT2D eigenvalue weighted by molar-refractivity contribution is 0.0951. The van der Waals surface area contributed by atoms with Crippen molar-refractivity contribution in [3.63, 3.8) is 0 Å². The molecule has 1 heterocycles. The minimum absolute atomic E-state index is 0.153. The molecule has 1 aromatic heterocycles. The Balaban J connectivity index is 1.86. The van der Waals surface area contributed by atoms with Crippen molar-refractivity contribution >= 4 is 17.5 Å². The molecule has 2 aromatic rings. The lowest BCUT2D eigenvalue weighted by Gasteiger charge is -2.20. The SMILES string of the molecule is CC(C)c1cccc(C(C)C)c1NC(=O)c1cc(C(=O)NC2CC2)ccn1. The first-order valence-corrected chi connectivity index (χ1v) is 9.58. The fourth-order valence-electron chi connectivity index (χ4n) is 3.07. The zero-order valence-electron chi connectivity index (χ0n) is 16.4. The summed E-state index contributed by atoms with van der Waals surface area (Å²) in [6.45, 7) is 8.43. The molecule has 27 heavy (non-hydrogen) atoms. The predicted octanol–water partition coefficient (Wildman–Crippen LogP) is 4.47. The second kappa shape index (κ2) is 7.91. The van der Waals surface area contributed by atoms with E-state index in [1.165, 1.54) is 6.20 Å². The van der Waals surface area contributed by atoms with Crippen LogP contribution in [0.2, 0.25) is 0 Å². The number of anilines is 1. The average molecular weight is 365 g/mol. The smallest absolute Gasteiger partial charge is 0.274 e. The molecule has 0 atom stereocenters. The quantitative estimate of drug-likeness (QED) is 0.793. The molecule has 0 spiro atoms. The molecule has 1 aromatic carbocycles. The number of rotatable bonds is 6. The van der Waals surface area contributed by atoms with Crippen LogP contribution in [0.5, 0.6) is 0 Å². The highest BCUT2D eigenvalue weighted by atomic mass is 16.2. The summed E-state index contributed by atoms with van der Waals surface area (Å²) in [6, 6.07) is 9.57. The number of nitrogens with zero attached hydrogens (tertiary/aromatic N) is 1. The molecule has 2 amide bonds. The molecule has 1 aliphatic carbocycles. The van der Waals surface area contributed by atoms with Gasteiger partial charge in [-0.2, -0.15) is 0 Å². The highest BCUT2D eigenvalue weighted by Crippen LogP contribution is 2.32. The Kier molecular flexibility index (Phi) is 5.59. The lowest BCUT2D eigenvalue weighted by Crippen LogP contribution is -2.26. The van der Waals surface area contributed by atoms with Crippen LogP contribution in [0.1, 0.15) is 84.3 Å². The highest BCUT2D eigenvalue weighted by Gasteiger charge is 2.24. The van der Waals surface area contributed by atoms with Crippen LogP contribution in [0.15, 0.2) is 36.5 Å². The molecule has 0 aliphatic heterocycles. The summed E-state index contributed by atoms with van der Waals surface area (Å²) in [5, 5.41) is 5.98. The van der Waals surface area contributed by atoms with Crippen molar-refractivity contribution in [2.75, 3.05) is 5.32 Å². The van der Waals surface area contributed by atoms with Gasteiger partial charge in [-0.25, -0.2) is 0 Å². The van der Waals surface area contributed by atoms with Gasteiger partial charge in [0.25, 0.3) is 11.8 Å². The largest absolute Gasteiger partial charge is 0.349 e. The number of amides is 2. The lowest BCUT2D eigenvalue weighted by atomic mass is 9.92. The molecule has 0 unspecified atom stereocenters. The number of aromatic nitrogens is 1. The van der Waals surface area contributed by atoms with Crippen molar-refractivity contribution in [1.82, 2.24) is 10.3 Å². The normalized spacial score (nSPS) is 13.7. The average Bonchev–Trinajstić information content (AvgIpc) is 3.45. The molecule has 1 fully saturated rings.